The van der Waals surface area contributed by atoms with E-state index in [4.69, 9.17) is 4.74 Å². The molecule has 3 aliphatic rings. The summed E-state index contributed by atoms with van der Waals surface area (Å²) in [5.41, 5.74) is 1.55. The lowest BCUT2D eigenvalue weighted by Gasteiger charge is -2.51. The Balaban J connectivity index is 0.00000304. The molecule has 1 aromatic heterocycles. The summed E-state index contributed by atoms with van der Waals surface area (Å²) < 4.78 is 20.4. The third-order valence-electron chi connectivity index (χ3n) is 7.54. The van der Waals surface area contributed by atoms with Crippen molar-refractivity contribution in [1.29, 1.82) is 0 Å². The highest BCUT2D eigenvalue weighted by molar-refractivity contribution is 7.12. The molecular weight excluding hydrogens is 499 g/mol. The Kier molecular flexibility index (Phi) is 8.13. The second-order valence-corrected chi connectivity index (χ2v) is 10.7. The zero-order valence-corrected chi connectivity index (χ0v) is 21.8. The molecule has 3 aliphatic heterocycles. The molecular formula is C28H30ClFN2O3S. The van der Waals surface area contributed by atoms with Crippen LogP contribution in [0.1, 0.15) is 34.1 Å². The molecule has 0 saturated carbocycles. The first-order valence-electron chi connectivity index (χ1n) is 12.1. The number of likely N-dealkylation sites (N-methyl/N-ethyl adjacent to an activating group) is 1. The van der Waals surface area contributed by atoms with Crippen LogP contribution in [0.5, 0.6) is 0 Å². The topological polar surface area (TPSA) is 46.6 Å². The molecule has 8 heteroatoms. The Morgan fingerprint density at radius 2 is 1.75 bits per heavy atom. The standard InChI is InChI=1S/C28H30FN2O3S.ClH/c1-30(23-11-9-22(29)10-12-23)27(21-6-3-2-4-7-21)28(33)34-25-19-31(15-13-20(25)14-16-31)18-24(32)26-8-5-17-35-26;/h2-12,17,20,25,27H,13-16,18-19H2,1H3;1H/q+1;/p-1/t20?,25-,27?,31?;/m0./s1. The van der Waals surface area contributed by atoms with Crippen LogP contribution in [-0.2, 0) is 9.53 Å². The third-order valence-corrected chi connectivity index (χ3v) is 8.45. The maximum absolute atomic E-state index is 13.7. The highest BCUT2D eigenvalue weighted by atomic mass is 35.5. The molecule has 0 aliphatic carbocycles. The number of ketones is 1. The smallest absolute Gasteiger partial charge is 0.333 e. The van der Waals surface area contributed by atoms with Crippen LogP contribution in [0.2, 0.25) is 0 Å². The second kappa shape index (κ2) is 11.1. The molecule has 2 bridgehead atoms. The largest absolute Gasteiger partial charge is 1.00 e. The number of quaternary nitrogens is 1. The van der Waals surface area contributed by atoms with Crippen LogP contribution in [0.3, 0.4) is 0 Å². The van der Waals surface area contributed by atoms with Crippen molar-refractivity contribution < 1.29 is 35.6 Å². The number of carbonyl (C=O) groups is 2. The van der Waals surface area contributed by atoms with Gasteiger partial charge in [-0.3, -0.25) is 4.79 Å². The summed E-state index contributed by atoms with van der Waals surface area (Å²) >= 11 is 1.48. The molecule has 3 aromatic rings. The van der Waals surface area contributed by atoms with Crippen molar-refractivity contribution in [2.24, 2.45) is 5.92 Å². The van der Waals surface area contributed by atoms with Crippen LogP contribution in [0.25, 0.3) is 0 Å². The predicted molar refractivity (Wildman–Crippen MR) is 135 cm³/mol. The summed E-state index contributed by atoms with van der Waals surface area (Å²) in [7, 11) is 1.83. The molecule has 0 amide bonds. The van der Waals surface area contributed by atoms with Gasteiger partial charge in [0.15, 0.2) is 12.1 Å². The summed E-state index contributed by atoms with van der Waals surface area (Å²) in [4.78, 5) is 29.2. The molecule has 2 aromatic carbocycles. The van der Waals surface area contributed by atoms with Gasteiger partial charge in [-0.15, -0.1) is 11.3 Å². The van der Waals surface area contributed by atoms with Gasteiger partial charge in [-0.2, -0.15) is 0 Å². The number of piperidine rings is 3. The molecule has 0 N–H and O–H groups in total. The fourth-order valence-electron chi connectivity index (χ4n) is 5.59. The summed E-state index contributed by atoms with van der Waals surface area (Å²) in [6.45, 7) is 3.04. The van der Waals surface area contributed by atoms with E-state index in [1.165, 1.54) is 23.5 Å². The van der Waals surface area contributed by atoms with E-state index < -0.39 is 6.04 Å². The monoisotopic (exact) mass is 528 g/mol. The van der Waals surface area contributed by atoms with Crippen LogP contribution < -0.4 is 17.3 Å². The maximum Gasteiger partial charge on any atom is 0.333 e. The van der Waals surface area contributed by atoms with Crippen molar-refractivity contribution in [3.63, 3.8) is 0 Å². The number of benzene rings is 2. The molecule has 6 rings (SSSR count). The number of ether oxygens (including phenoxy) is 1. The molecule has 36 heavy (non-hydrogen) atoms. The van der Waals surface area contributed by atoms with Crippen molar-refractivity contribution >= 4 is 28.8 Å². The fourth-order valence-corrected chi connectivity index (χ4v) is 6.25. The molecule has 190 valence electrons. The lowest BCUT2D eigenvalue weighted by molar-refractivity contribution is -0.938. The minimum atomic E-state index is -0.654. The van der Waals surface area contributed by atoms with E-state index in [-0.39, 0.29) is 36.1 Å². The minimum absolute atomic E-state index is 0. The fraction of sp³-hybridized carbons (Fsp3) is 0.357. The maximum atomic E-state index is 13.7. The van der Waals surface area contributed by atoms with Gasteiger partial charge in [-0.1, -0.05) is 36.4 Å². The van der Waals surface area contributed by atoms with Crippen molar-refractivity contribution in [3.8, 4) is 0 Å². The molecule has 5 nitrogen and oxygen atoms in total. The molecule has 3 fully saturated rings. The molecule has 3 saturated heterocycles. The van der Waals surface area contributed by atoms with E-state index in [0.717, 1.165) is 42.1 Å². The molecule has 2 atom stereocenters. The average molecular weight is 529 g/mol. The quantitative estimate of drug-likeness (QED) is 0.255. The van der Waals surface area contributed by atoms with Gasteiger partial charge in [0, 0.05) is 31.5 Å². The average Bonchev–Trinajstić information content (AvgIpc) is 3.41. The van der Waals surface area contributed by atoms with E-state index >= 15 is 0 Å². The lowest BCUT2D eigenvalue weighted by Crippen LogP contribution is -3.00. The van der Waals surface area contributed by atoms with Crippen LogP contribution in [0, 0.1) is 11.7 Å². The van der Waals surface area contributed by atoms with Crippen LogP contribution in [0.4, 0.5) is 10.1 Å². The number of hydrogen-bond donors (Lipinski definition) is 0. The number of hydrogen-bond acceptors (Lipinski definition) is 5. The van der Waals surface area contributed by atoms with Crippen LogP contribution in [-0.4, -0.2) is 55.6 Å². The molecule has 0 radical (unpaired) electrons. The van der Waals surface area contributed by atoms with Gasteiger partial charge in [-0.25, -0.2) is 9.18 Å². The van der Waals surface area contributed by atoms with Gasteiger partial charge >= 0.3 is 5.97 Å². The number of thiophene rings is 1. The number of fused-ring (bicyclic) bond motifs is 3. The summed E-state index contributed by atoms with van der Waals surface area (Å²) in [5.74, 6) is -0.143. The Morgan fingerprint density at radius 3 is 2.39 bits per heavy atom. The van der Waals surface area contributed by atoms with Crippen molar-refractivity contribution in [3.05, 3.63) is 88.4 Å². The summed E-state index contributed by atoms with van der Waals surface area (Å²) in [5, 5.41) is 1.93. The first kappa shape index (κ1) is 26.3. The normalized spacial score (nSPS) is 23.4. The van der Waals surface area contributed by atoms with Crippen molar-refractivity contribution in [2.45, 2.75) is 25.0 Å². The minimum Gasteiger partial charge on any atom is -1.00 e. The zero-order chi connectivity index (χ0) is 24.4. The summed E-state index contributed by atoms with van der Waals surface area (Å²) in [6.07, 6.45) is 1.70. The van der Waals surface area contributed by atoms with Crippen LogP contribution >= 0.6 is 11.3 Å². The Labute approximate surface area is 221 Å². The van der Waals surface area contributed by atoms with Gasteiger partial charge in [0.25, 0.3) is 0 Å². The number of halogens is 2. The first-order valence-corrected chi connectivity index (χ1v) is 13.0. The van der Waals surface area contributed by atoms with Crippen molar-refractivity contribution in [2.75, 3.05) is 38.1 Å². The summed E-state index contributed by atoms with van der Waals surface area (Å²) in [6, 6.07) is 18.8. The first-order chi connectivity index (χ1) is 16.9. The number of nitrogens with zero attached hydrogens (tertiary/aromatic N) is 2. The number of carbonyl (C=O) groups excluding carboxylic acids is 2. The van der Waals surface area contributed by atoms with Gasteiger partial charge < -0.3 is 26.5 Å². The molecule has 4 heterocycles. The van der Waals surface area contributed by atoms with Crippen LogP contribution in [0.15, 0.2) is 72.1 Å². The highest BCUT2D eigenvalue weighted by Gasteiger charge is 2.49. The number of esters is 1. The number of rotatable bonds is 8. The van der Waals surface area contributed by atoms with Gasteiger partial charge in [-0.05, 0) is 41.3 Å². The van der Waals surface area contributed by atoms with E-state index in [0.29, 0.717) is 23.5 Å². The van der Waals surface area contributed by atoms with Gasteiger partial charge in [0.05, 0.1) is 18.0 Å². The van der Waals surface area contributed by atoms with E-state index in [1.807, 2.05) is 59.8 Å². The van der Waals surface area contributed by atoms with Crippen molar-refractivity contribution in [1.82, 2.24) is 0 Å². The van der Waals surface area contributed by atoms with E-state index in [2.05, 4.69) is 0 Å². The SMILES string of the molecule is CN(c1ccc(F)cc1)C(C(=O)O[C@H]1C[N+]2(CC(=O)c3cccs3)CCC1CC2)c1ccccc1.[Cl-]. The predicted octanol–water partition coefficient (Wildman–Crippen LogP) is 2.10. The Hall–Kier alpha value is -2.74. The number of Topliss-reactive ketones (excluding diaryl/α,β-unsaturated/α-hetero) is 1. The van der Waals surface area contributed by atoms with Gasteiger partial charge in [0.1, 0.15) is 18.9 Å². The van der Waals surface area contributed by atoms with E-state index in [9.17, 15) is 14.0 Å². The lowest BCUT2D eigenvalue weighted by atomic mass is 9.83. The number of anilines is 1. The zero-order valence-electron chi connectivity index (χ0n) is 20.2. The van der Waals surface area contributed by atoms with Gasteiger partial charge in [0.2, 0.25) is 5.78 Å². The highest BCUT2D eigenvalue weighted by Crippen LogP contribution is 2.37. The second-order valence-electron chi connectivity index (χ2n) is 9.74. The molecule has 1 unspecified atom stereocenters. The Bertz CT molecular complexity index is 1170. The Morgan fingerprint density at radius 1 is 1.06 bits per heavy atom. The molecule has 0 spiro atoms. The van der Waals surface area contributed by atoms with E-state index in [1.54, 1.807) is 12.1 Å². The third kappa shape index (κ3) is 5.48.